The van der Waals surface area contributed by atoms with Gasteiger partial charge in [-0.15, -0.1) is 0 Å². The molecule has 1 aliphatic rings. The van der Waals surface area contributed by atoms with E-state index in [9.17, 15) is 71.0 Å². The van der Waals surface area contributed by atoms with E-state index >= 15 is 0 Å². The van der Waals surface area contributed by atoms with Gasteiger partial charge in [0.05, 0.1) is 58.1 Å². The highest BCUT2D eigenvalue weighted by molar-refractivity contribution is 7.90. The molecule has 12 heterocycles. The number of benzene rings is 4. The van der Waals surface area contributed by atoms with Crippen molar-refractivity contribution in [2.24, 2.45) is 0 Å². The molecule has 17 rings (SSSR count). The molecule has 0 bridgehead atoms. The van der Waals surface area contributed by atoms with E-state index in [0.29, 0.717) is 107 Å². The predicted octanol–water partition coefficient (Wildman–Crippen LogP) is 11.3. The number of sulfone groups is 1. The van der Waals surface area contributed by atoms with Crippen LogP contribution in [0.4, 0.5) is 4.39 Å². The van der Waals surface area contributed by atoms with Crippen molar-refractivity contribution in [3.05, 3.63) is 271 Å². The van der Waals surface area contributed by atoms with Crippen LogP contribution in [0.2, 0.25) is 0 Å². The number of hydrogen-bond acceptors (Lipinski definition) is 22. The van der Waals surface area contributed by atoms with Gasteiger partial charge in [0, 0.05) is 129 Å². The van der Waals surface area contributed by atoms with Crippen molar-refractivity contribution in [2.45, 2.75) is 136 Å². The Hall–Kier alpha value is -15.9. The topological polar surface area (TPSA) is 526 Å². The molecule has 128 heavy (non-hydrogen) atoms. The van der Waals surface area contributed by atoms with Crippen LogP contribution >= 0.6 is 0 Å². The van der Waals surface area contributed by atoms with Gasteiger partial charge in [-0.1, -0.05) is 130 Å². The average molecular weight is 1760 g/mol. The van der Waals surface area contributed by atoms with Crippen LogP contribution in [0.25, 0.3) is 95.8 Å². The van der Waals surface area contributed by atoms with Crippen molar-refractivity contribution >= 4 is 54.0 Å². The molecule has 650 valence electrons. The SMILES string of the molecule is CC(C)c1c(-c2ccc(C(=O)NC3CC3)cc2)nc2c(C#N)c[nH]n2c1=O.CC(C)c1c(-c2ccc(S(C)(=O)=O)cc2)nc2c(C#N)c[nH]n2c1=O.CC(C)c1c(-c2cccc(-c3ccn[nH]3)c2)nc2c(C#N)c[nH]n2c1=O.CC(C)c1c(-c2cccc(CNS(C)(=O)=O)c2)nc2c(C#N)c[nH]n2c1=O.CC(C)c1c(-c2cnn(CCF)c2)nc2c(C#N)c[nH]n2c1=O. The number of aromatic nitrogens is 19. The van der Waals surface area contributed by atoms with E-state index in [4.69, 9.17) is 5.26 Å². The lowest BCUT2D eigenvalue weighted by atomic mass is 9.96. The number of fused-ring (bicyclic) bond motifs is 5. The molecule has 12 aromatic heterocycles. The number of sulfonamides is 1. The minimum Gasteiger partial charge on any atom is -0.349 e. The quantitative estimate of drug-likeness (QED) is 0.0373. The zero-order chi connectivity index (χ0) is 92.1. The van der Waals surface area contributed by atoms with E-state index in [0.717, 1.165) is 53.3 Å². The first-order valence-corrected chi connectivity index (χ1v) is 44.0. The molecule has 0 atom stereocenters. The lowest BCUT2D eigenvalue weighted by Gasteiger charge is -2.13. The summed E-state index contributed by atoms with van der Waals surface area (Å²) < 4.78 is 68.7. The highest BCUT2D eigenvalue weighted by Crippen LogP contribution is 2.34. The number of alkyl halides is 1. The van der Waals surface area contributed by atoms with Crippen LogP contribution in [0, 0.1) is 56.7 Å². The standard InChI is InChI=1S/C20H19N5O2.C19H16N6O.C18H19N5O3S.C17H16N4O3S.C15H15FN6O/c1-11(2)16-17(24-18-14(9-21)10-22-25(18)20(16)27)12-3-5-13(6-4-12)19(26)23-15-7-8-15;1-11(2)16-17(23-18-14(9-20)10-22-25(18)19(16)26)13-5-3-4-12(8-13)15-6-7-21-24-15;1-11(2)15-16(22-17-14(8-19)10-20-23(17)18(15)24)13-6-4-5-12(7-13)9-21-27(3,25)26;1-10(2)14-15(11-4-6-13(7-5-11)25(3,23)24)20-16-12(8-18)9-19-21(16)17(14)22;1-9(2)12-13(11-7-18-21(8-11)4-3-16)20-14-10(5-17)6-19-22(14)15(12)23/h3-6,10-11,15,22H,7-8H2,1-2H3,(H,23,26);3-8,10-11,22H,1-2H3,(H,21,24);4-7,10-11,20-21H,9H2,1-3H3;4-7,9-10,19H,1-3H3;6-9,19H,3-4H2,1-2H3. The van der Waals surface area contributed by atoms with Crippen LogP contribution in [0.3, 0.4) is 0 Å². The molecular weight excluding hydrogens is 1680 g/mol. The maximum Gasteiger partial charge on any atom is 0.276 e. The van der Waals surface area contributed by atoms with Gasteiger partial charge in [0.15, 0.2) is 38.1 Å². The first kappa shape index (κ1) is 89.9. The fourth-order valence-electron chi connectivity index (χ4n) is 14.4. The Morgan fingerprint density at radius 3 is 1.16 bits per heavy atom. The third-order valence-electron chi connectivity index (χ3n) is 20.8. The van der Waals surface area contributed by atoms with E-state index in [-0.39, 0.29) is 115 Å². The van der Waals surface area contributed by atoms with Crippen LogP contribution < -0.4 is 37.8 Å². The van der Waals surface area contributed by atoms with Crippen molar-refractivity contribution in [3.8, 4) is 97.9 Å². The van der Waals surface area contributed by atoms with Gasteiger partial charge < -0.3 is 5.32 Å². The number of carbonyl (C=O) groups is 1. The molecule has 0 radical (unpaired) electrons. The highest BCUT2D eigenvalue weighted by Gasteiger charge is 2.29. The van der Waals surface area contributed by atoms with Crippen LogP contribution in [0.15, 0.2) is 182 Å². The summed E-state index contributed by atoms with van der Waals surface area (Å²) in [5, 5.41) is 74.0. The smallest absolute Gasteiger partial charge is 0.276 e. The lowest BCUT2D eigenvalue weighted by Crippen LogP contribution is -2.25. The van der Waals surface area contributed by atoms with Crippen LogP contribution in [0.1, 0.15) is 183 Å². The van der Waals surface area contributed by atoms with Crippen LogP contribution in [0.5, 0.6) is 0 Å². The Morgan fingerprint density at radius 2 is 0.820 bits per heavy atom. The van der Waals surface area contributed by atoms with Crippen molar-refractivity contribution in [1.29, 1.82) is 26.3 Å². The average Bonchev–Trinajstić information content (AvgIpc) is 1.52. The van der Waals surface area contributed by atoms with Gasteiger partial charge in [-0.2, -0.15) is 36.5 Å². The van der Waals surface area contributed by atoms with Crippen molar-refractivity contribution in [2.75, 3.05) is 19.2 Å². The molecule has 0 spiro atoms. The van der Waals surface area contributed by atoms with Gasteiger partial charge in [0.25, 0.3) is 33.7 Å². The molecule has 1 fully saturated rings. The first-order valence-electron chi connectivity index (χ1n) is 40.3. The monoisotopic (exact) mass is 1760 g/mol. The Morgan fingerprint density at radius 1 is 0.469 bits per heavy atom. The minimum atomic E-state index is -3.32. The first-order chi connectivity index (χ1) is 61.1. The van der Waals surface area contributed by atoms with E-state index in [1.165, 1.54) is 70.4 Å². The fourth-order valence-corrected chi connectivity index (χ4v) is 15.4. The molecule has 36 nitrogen and oxygen atoms in total. The molecule has 0 unspecified atom stereocenters. The van der Waals surface area contributed by atoms with Gasteiger partial charge >= 0.3 is 0 Å². The number of amides is 1. The summed E-state index contributed by atoms with van der Waals surface area (Å²) in [7, 11) is -6.62. The minimum absolute atomic E-state index is 0.0217. The van der Waals surface area contributed by atoms with Gasteiger partial charge in [0.2, 0.25) is 10.0 Å². The summed E-state index contributed by atoms with van der Waals surface area (Å²) in [6, 6.07) is 40.6. The molecular formula is C89H85FN26O10S2. The normalized spacial score (nSPS) is 12.0. The second-order valence-electron chi connectivity index (χ2n) is 31.6. The number of aromatic amines is 6. The van der Waals surface area contributed by atoms with Crippen molar-refractivity contribution in [1.82, 2.24) is 103 Å². The number of hydrogen-bond donors (Lipinski definition) is 8. The summed E-state index contributed by atoms with van der Waals surface area (Å²) in [6.07, 6.45) is 16.5. The summed E-state index contributed by atoms with van der Waals surface area (Å²) in [6.45, 7) is 18.9. The Bertz CT molecular complexity index is 7790. The van der Waals surface area contributed by atoms with Gasteiger partial charge in [0.1, 0.15) is 64.8 Å². The van der Waals surface area contributed by atoms with Crippen molar-refractivity contribution < 1.29 is 26.0 Å². The zero-order valence-corrected chi connectivity index (χ0v) is 72.9. The number of rotatable bonds is 19. The number of nitrogens with zero attached hydrogens (tertiary/aromatic N) is 18. The Balaban J connectivity index is 0.000000137. The maximum atomic E-state index is 13.0. The Labute approximate surface area is 729 Å². The number of halogens is 1. The molecule has 39 heteroatoms. The largest absolute Gasteiger partial charge is 0.349 e. The molecule has 0 saturated heterocycles. The van der Waals surface area contributed by atoms with E-state index in [2.05, 4.69) is 81.8 Å². The molecule has 1 saturated carbocycles. The lowest BCUT2D eigenvalue weighted by molar-refractivity contribution is 0.0951. The van der Waals surface area contributed by atoms with Crippen LogP contribution in [-0.4, -0.2) is 141 Å². The second kappa shape index (κ2) is 37.3. The zero-order valence-electron chi connectivity index (χ0n) is 71.3. The number of H-pyrrole nitrogens is 6. The highest BCUT2D eigenvalue weighted by atomic mass is 32.2. The number of nitriles is 5. The van der Waals surface area contributed by atoms with Crippen molar-refractivity contribution in [3.63, 3.8) is 0 Å². The molecule has 1 amide bonds. The molecule has 16 aromatic rings. The molecule has 1 aliphatic carbocycles. The van der Waals surface area contributed by atoms with Crippen LogP contribution in [-0.2, 0) is 33.0 Å². The Kier molecular flexibility index (Phi) is 26.2. The molecule has 0 aliphatic heterocycles. The summed E-state index contributed by atoms with van der Waals surface area (Å²) in [5.74, 6) is -0.428. The number of aryl methyl sites for hydroxylation is 1. The third kappa shape index (κ3) is 18.7. The van der Waals surface area contributed by atoms with Gasteiger partial charge in [-0.05, 0) is 90.5 Å². The van der Waals surface area contributed by atoms with E-state index in [1.54, 1.807) is 73.2 Å². The van der Waals surface area contributed by atoms with Gasteiger partial charge in [-0.3, -0.25) is 64.0 Å². The summed E-state index contributed by atoms with van der Waals surface area (Å²) in [4.78, 5) is 99.6. The third-order valence-corrected chi connectivity index (χ3v) is 22.6. The number of carbonyl (C=O) groups excluding carboxylic acids is 1. The molecule has 8 N–H and O–H groups in total. The maximum absolute atomic E-state index is 13.0. The number of nitrogens with one attached hydrogen (secondary N) is 8. The fraction of sp³-hybridized carbons (Fsp3) is 0.258. The summed E-state index contributed by atoms with van der Waals surface area (Å²) in [5.41, 5.74) is 13.7. The molecule has 4 aromatic carbocycles. The van der Waals surface area contributed by atoms with E-state index in [1.807, 2.05) is 130 Å². The van der Waals surface area contributed by atoms with Gasteiger partial charge in [-0.25, -0.2) is 73.4 Å². The second-order valence-corrected chi connectivity index (χ2v) is 35.5. The van der Waals surface area contributed by atoms with E-state index < -0.39 is 26.5 Å². The predicted molar refractivity (Wildman–Crippen MR) is 475 cm³/mol. The summed E-state index contributed by atoms with van der Waals surface area (Å²) >= 11 is 0.